The summed E-state index contributed by atoms with van der Waals surface area (Å²) >= 11 is 0. The first-order chi connectivity index (χ1) is 16.9. The van der Waals surface area contributed by atoms with Gasteiger partial charge in [0.05, 0.1) is 29.1 Å². The normalized spacial score (nSPS) is 28.1. The summed E-state index contributed by atoms with van der Waals surface area (Å²) in [6.07, 6.45) is 1.41. The molecule has 3 aliphatic heterocycles. The van der Waals surface area contributed by atoms with Gasteiger partial charge in [-0.2, -0.15) is 0 Å². The van der Waals surface area contributed by atoms with Crippen molar-refractivity contribution in [3.8, 4) is 0 Å². The smallest absolute Gasteiger partial charge is 0.258 e. The lowest BCUT2D eigenvalue weighted by molar-refractivity contribution is -0.130. The van der Waals surface area contributed by atoms with E-state index in [4.69, 9.17) is 0 Å². The molecule has 8 nitrogen and oxygen atoms in total. The third-order valence-corrected chi connectivity index (χ3v) is 7.70. The molecule has 0 N–H and O–H groups in total. The quantitative estimate of drug-likeness (QED) is 0.642. The summed E-state index contributed by atoms with van der Waals surface area (Å²) in [5.41, 5.74) is 2.84. The maximum absolute atomic E-state index is 13.7. The maximum Gasteiger partial charge on any atom is 0.258 e. The highest BCUT2D eigenvalue weighted by Crippen LogP contribution is 2.51. The zero-order chi connectivity index (χ0) is 24.4. The molecule has 4 amide bonds. The Kier molecular flexibility index (Phi) is 4.89. The van der Waals surface area contributed by atoms with Gasteiger partial charge in [-0.05, 0) is 49.1 Å². The van der Waals surface area contributed by atoms with Crippen LogP contribution in [0, 0.1) is 17.8 Å². The van der Waals surface area contributed by atoms with Gasteiger partial charge in [-0.15, -0.1) is 0 Å². The monoisotopic (exact) mass is 470 g/mol. The molecule has 3 heterocycles. The van der Waals surface area contributed by atoms with Crippen molar-refractivity contribution in [2.75, 3.05) is 23.9 Å². The van der Waals surface area contributed by atoms with E-state index in [0.29, 0.717) is 30.6 Å². The Bertz CT molecular complexity index is 1270. The van der Waals surface area contributed by atoms with Crippen LogP contribution in [0.25, 0.3) is 0 Å². The first kappa shape index (κ1) is 21.7. The van der Waals surface area contributed by atoms with E-state index in [1.54, 1.807) is 36.4 Å². The second-order valence-electron chi connectivity index (χ2n) is 9.74. The average molecular weight is 471 g/mol. The summed E-state index contributed by atoms with van der Waals surface area (Å²) in [6, 6.07) is 17.3. The van der Waals surface area contributed by atoms with Crippen LogP contribution >= 0.6 is 0 Å². The lowest BCUT2D eigenvalue weighted by atomic mass is 9.72. The molecular weight excluding hydrogens is 444 g/mol. The fourth-order valence-electron chi connectivity index (χ4n) is 6.29. The molecule has 6 rings (SSSR count). The third-order valence-electron chi connectivity index (χ3n) is 7.70. The van der Waals surface area contributed by atoms with Crippen molar-refractivity contribution in [1.29, 1.82) is 0 Å². The Morgan fingerprint density at radius 1 is 0.714 bits per heavy atom. The highest BCUT2D eigenvalue weighted by Gasteiger charge is 2.60. The standard InChI is InChI=1S/C27H26N4O4/c1-28(2)31-21-14-13-18-22(26(34)29(24(18)32)16-9-5-3-6-10-16)19(21)15-20-23(31)27(35)30(25(20)33)17-11-7-4-8-12-17/h3-12,18,20,22-23H,13-15H2,1-2H3/t18-,20-,22+,23+/m1/s1. The number of hydrogen-bond donors (Lipinski definition) is 0. The summed E-state index contributed by atoms with van der Waals surface area (Å²) in [5, 5.41) is 3.73. The van der Waals surface area contributed by atoms with Crippen LogP contribution in [-0.4, -0.2) is 53.8 Å². The Labute approximate surface area is 203 Å². The molecule has 35 heavy (non-hydrogen) atoms. The average Bonchev–Trinajstić information content (AvgIpc) is 3.27. The molecule has 0 bridgehead atoms. The highest BCUT2D eigenvalue weighted by atomic mass is 16.2. The number of fused-ring (bicyclic) bond motifs is 3. The van der Waals surface area contributed by atoms with E-state index in [1.807, 2.05) is 48.4 Å². The van der Waals surface area contributed by atoms with Gasteiger partial charge in [-0.1, -0.05) is 36.4 Å². The molecule has 0 aromatic heterocycles. The molecule has 4 aliphatic rings. The number of nitrogens with zero attached hydrogens (tertiary/aromatic N) is 4. The number of amides is 4. The maximum atomic E-state index is 13.7. The van der Waals surface area contributed by atoms with Crippen LogP contribution in [0.5, 0.6) is 0 Å². The van der Waals surface area contributed by atoms with Crippen LogP contribution in [0.1, 0.15) is 19.3 Å². The number of benzene rings is 2. The van der Waals surface area contributed by atoms with Gasteiger partial charge in [0.25, 0.3) is 5.91 Å². The van der Waals surface area contributed by atoms with Crippen LogP contribution < -0.4 is 9.80 Å². The lowest BCUT2D eigenvalue weighted by Gasteiger charge is -2.46. The Balaban J connectivity index is 1.42. The molecular formula is C27H26N4O4. The SMILES string of the molecule is CN(C)N1C2=C(C[C@H]3C(=O)N(c4ccccc4)C(=O)[C@H]31)[C@H]1C(=O)N(c3ccccc3)C(=O)[C@@H]1CC2. The number of hydrogen-bond acceptors (Lipinski definition) is 6. The lowest BCUT2D eigenvalue weighted by Crippen LogP contribution is -2.54. The molecule has 0 unspecified atom stereocenters. The second kappa shape index (κ2) is 7.88. The van der Waals surface area contributed by atoms with Gasteiger partial charge in [0.15, 0.2) is 0 Å². The van der Waals surface area contributed by atoms with Crippen LogP contribution in [0.15, 0.2) is 71.9 Å². The minimum Gasteiger partial charge on any atom is -0.297 e. The van der Waals surface area contributed by atoms with E-state index in [1.165, 1.54) is 9.80 Å². The van der Waals surface area contributed by atoms with Crippen LogP contribution in [0.3, 0.4) is 0 Å². The van der Waals surface area contributed by atoms with Crippen molar-refractivity contribution >= 4 is 35.0 Å². The van der Waals surface area contributed by atoms with Gasteiger partial charge in [0.2, 0.25) is 17.7 Å². The third kappa shape index (κ3) is 3.02. The molecule has 4 atom stereocenters. The van der Waals surface area contributed by atoms with E-state index in [-0.39, 0.29) is 23.6 Å². The molecule has 2 saturated heterocycles. The number of hydrazine groups is 1. The van der Waals surface area contributed by atoms with Crippen molar-refractivity contribution in [2.24, 2.45) is 17.8 Å². The zero-order valence-electron chi connectivity index (χ0n) is 19.6. The van der Waals surface area contributed by atoms with Gasteiger partial charge in [0.1, 0.15) is 6.04 Å². The number of allylic oxidation sites excluding steroid dienone is 1. The number of rotatable bonds is 3. The Hall–Kier alpha value is -3.78. The summed E-state index contributed by atoms with van der Waals surface area (Å²) in [4.78, 5) is 56.8. The first-order valence-electron chi connectivity index (χ1n) is 11.9. The highest BCUT2D eigenvalue weighted by molar-refractivity contribution is 6.25. The van der Waals surface area contributed by atoms with E-state index in [2.05, 4.69) is 0 Å². The molecule has 2 fully saturated rings. The van der Waals surface area contributed by atoms with Crippen molar-refractivity contribution in [2.45, 2.75) is 25.3 Å². The minimum absolute atomic E-state index is 0.184. The predicted molar refractivity (Wildman–Crippen MR) is 129 cm³/mol. The largest absolute Gasteiger partial charge is 0.297 e. The topological polar surface area (TPSA) is 81.2 Å². The van der Waals surface area contributed by atoms with E-state index in [9.17, 15) is 19.2 Å². The number of anilines is 2. The molecule has 2 aromatic rings. The summed E-state index contributed by atoms with van der Waals surface area (Å²) in [7, 11) is 3.69. The number of carbonyl (C=O) groups excluding carboxylic acids is 4. The number of imide groups is 2. The van der Waals surface area contributed by atoms with Gasteiger partial charge >= 0.3 is 0 Å². The molecule has 2 aromatic carbocycles. The minimum atomic E-state index is -0.662. The fraction of sp³-hybridized carbons (Fsp3) is 0.333. The van der Waals surface area contributed by atoms with Crippen molar-refractivity contribution in [3.63, 3.8) is 0 Å². The molecule has 0 radical (unpaired) electrons. The van der Waals surface area contributed by atoms with Crippen LogP contribution in [0.4, 0.5) is 11.4 Å². The molecule has 8 heteroatoms. The Morgan fingerprint density at radius 2 is 1.26 bits per heavy atom. The first-order valence-corrected chi connectivity index (χ1v) is 11.9. The van der Waals surface area contributed by atoms with Crippen molar-refractivity contribution in [3.05, 3.63) is 71.9 Å². The molecule has 0 spiro atoms. The molecule has 0 saturated carbocycles. The molecule has 1 aliphatic carbocycles. The van der Waals surface area contributed by atoms with Gasteiger partial charge < -0.3 is 0 Å². The van der Waals surface area contributed by atoms with Gasteiger partial charge in [-0.3, -0.25) is 24.2 Å². The van der Waals surface area contributed by atoms with E-state index >= 15 is 0 Å². The van der Waals surface area contributed by atoms with E-state index in [0.717, 1.165) is 11.3 Å². The van der Waals surface area contributed by atoms with Crippen molar-refractivity contribution < 1.29 is 19.2 Å². The van der Waals surface area contributed by atoms with Crippen molar-refractivity contribution in [1.82, 2.24) is 10.0 Å². The van der Waals surface area contributed by atoms with Gasteiger partial charge in [0, 0.05) is 19.8 Å². The Morgan fingerprint density at radius 3 is 1.83 bits per heavy atom. The summed E-state index contributed by atoms with van der Waals surface area (Å²) in [5.74, 6) is -2.61. The predicted octanol–water partition coefficient (Wildman–Crippen LogP) is 2.58. The summed E-state index contributed by atoms with van der Waals surface area (Å²) < 4.78 is 0. The fourth-order valence-corrected chi connectivity index (χ4v) is 6.29. The number of para-hydroxylation sites is 2. The van der Waals surface area contributed by atoms with Gasteiger partial charge in [-0.25, -0.2) is 14.8 Å². The van der Waals surface area contributed by atoms with Crippen LogP contribution in [-0.2, 0) is 19.2 Å². The zero-order valence-corrected chi connectivity index (χ0v) is 19.6. The van der Waals surface area contributed by atoms with Crippen LogP contribution in [0.2, 0.25) is 0 Å². The number of carbonyl (C=O) groups is 4. The van der Waals surface area contributed by atoms with E-state index < -0.39 is 23.8 Å². The summed E-state index contributed by atoms with van der Waals surface area (Å²) in [6.45, 7) is 0. The molecule has 178 valence electrons. The second-order valence-corrected chi connectivity index (χ2v) is 9.74.